The normalized spacial score (nSPS) is 20.1. The molecule has 1 fully saturated rings. The second-order valence-corrected chi connectivity index (χ2v) is 5.86. The maximum absolute atomic E-state index is 12.5. The van der Waals surface area contributed by atoms with Crippen LogP contribution in [0.15, 0.2) is 30.8 Å². The lowest BCUT2D eigenvalue weighted by Crippen LogP contribution is -2.43. The number of rotatable bonds is 4. The number of amides is 2. The highest BCUT2D eigenvalue weighted by molar-refractivity contribution is 6.10. The highest BCUT2D eigenvalue weighted by atomic mass is 16.4. The van der Waals surface area contributed by atoms with E-state index < -0.39 is 5.97 Å². The number of likely N-dealkylation sites (tertiary alicyclic amines) is 1. The molecule has 0 bridgehead atoms. The van der Waals surface area contributed by atoms with E-state index in [2.05, 4.69) is 6.58 Å². The maximum Gasteiger partial charge on any atom is 0.305 e. The Balaban J connectivity index is 1.73. The lowest BCUT2D eigenvalue weighted by Gasteiger charge is -2.26. The fourth-order valence-electron chi connectivity index (χ4n) is 3.31. The summed E-state index contributed by atoms with van der Waals surface area (Å²) in [5.41, 5.74) is 1.82. The van der Waals surface area contributed by atoms with Gasteiger partial charge in [-0.2, -0.15) is 0 Å². The largest absolute Gasteiger partial charge is 0.481 e. The highest BCUT2D eigenvalue weighted by Crippen LogP contribution is 2.31. The summed E-state index contributed by atoms with van der Waals surface area (Å²) in [6.45, 7) is 4.36. The van der Waals surface area contributed by atoms with Crippen molar-refractivity contribution in [2.45, 2.75) is 25.3 Å². The molecule has 6 nitrogen and oxygen atoms in total. The number of nitrogens with zero attached hydrogens (tertiary/aromatic N) is 2. The number of aliphatic carboxylic acids is 1. The van der Waals surface area contributed by atoms with Crippen LogP contribution in [0, 0.1) is 0 Å². The monoisotopic (exact) mass is 314 g/mol. The van der Waals surface area contributed by atoms with Crippen LogP contribution in [0.1, 0.15) is 35.2 Å². The summed E-state index contributed by atoms with van der Waals surface area (Å²) in [7, 11) is 0. The zero-order valence-corrected chi connectivity index (χ0v) is 12.7. The molecule has 1 saturated heterocycles. The van der Waals surface area contributed by atoms with Crippen molar-refractivity contribution in [3.8, 4) is 0 Å². The third-order valence-electron chi connectivity index (χ3n) is 4.44. The predicted octanol–water partition coefficient (Wildman–Crippen LogP) is 1.58. The van der Waals surface area contributed by atoms with Crippen LogP contribution in [0.3, 0.4) is 0 Å². The Kier molecular flexibility index (Phi) is 3.90. The Bertz CT molecular complexity index is 663. The second kappa shape index (κ2) is 5.87. The number of fused-ring (bicyclic) bond motifs is 1. The Morgan fingerprint density at radius 1 is 1.26 bits per heavy atom. The van der Waals surface area contributed by atoms with Gasteiger partial charge >= 0.3 is 5.97 Å². The van der Waals surface area contributed by atoms with Crippen LogP contribution in [-0.4, -0.2) is 51.8 Å². The molecule has 3 rings (SSSR count). The molecule has 0 aromatic heterocycles. The molecule has 0 saturated carbocycles. The molecule has 1 atom stereocenters. The van der Waals surface area contributed by atoms with Crippen LogP contribution >= 0.6 is 0 Å². The topological polar surface area (TPSA) is 77.9 Å². The minimum Gasteiger partial charge on any atom is -0.481 e. The van der Waals surface area contributed by atoms with Crippen LogP contribution < -0.4 is 0 Å². The third kappa shape index (κ3) is 2.72. The number of hydrogen-bond donors (Lipinski definition) is 1. The smallest absolute Gasteiger partial charge is 0.305 e. The van der Waals surface area contributed by atoms with Crippen molar-refractivity contribution in [2.24, 2.45) is 0 Å². The highest BCUT2D eigenvalue weighted by Gasteiger charge is 2.36. The van der Waals surface area contributed by atoms with Crippen molar-refractivity contribution < 1.29 is 19.5 Å². The zero-order valence-electron chi connectivity index (χ0n) is 12.7. The molecule has 120 valence electrons. The van der Waals surface area contributed by atoms with Gasteiger partial charge in [-0.1, -0.05) is 24.8 Å². The second-order valence-electron chi connectivity index (χ2n) is 5.86. The molecule has 2 heterocycles. The Morgan fingerprint density at radius 2 is 1.96 bits per heavy atom. The average molecular weight is 314 g/mol. The first-order chi connectivity index (χ1) is 11.0. The molecule has 1 N–H and O–H groups in total. The summed E-state index contributed by atoms with van der Waals surface area (Å²) in [5.74, 6) is -1.37. The zero-order chi connectivity index (χ0) is 16.6. The van der Waals surface area contributed by atoms with E-state index in [0.717, 1.165) is 12.0 Å². The van der Waals surface area contributed by atoms with Crippen LogP contribution in [0.5, 0.6) is 0 Å². The predicted molar refractivity (Wildman–Crippen MR) is 83.5 cm³/mol. The van der Waals surface area contributed by atoms with Crippen LogP contribution in [-0.2, 0) is 9.59 Å². The van der Waals surface area contributed by atoms with E-state index in [1.165, 1.54) is 4.90 Å². The summed E-state index contributed by atoms with van der Waals surface area (Å²) in [6.07, 6.45) is 1.42. The first-order valence-corrected chi connectivity index (χ1v) is 7.60. The molecule has 2 amide bonds. The van der Waals surface area contributed by atoms with Gasteiger partial charge in [-0.3, -0.25) is 19.3 Å². The standard InChI is InChI=1S/C17H18N2O4/c1-11-13-6-2-3-7-14(13)17(23)19(11)10-15(20)18-8-4-5-12(18)9-16(21)22/h2-3,6-7,12H,1,4-5,8-10H2,(H,21,22). The first kappa shape index (κ1) is 15.3. The van der Waals surface area contributed by atoms with Gasteiger partial charge < -0.3 is 10.0 Å². The van der Waals surface area contributed by atoms with Crippen molar-refractivity contribution in [3.63, 3.8) is 0 Å². The lowest BCUT2D eigenvalue weighted by atomic mass is 10.1. The van der Waals surface area contributed by atoms with E-state index in [4.69, 9.17) is 5.11 Å². The van der Waals surface area contributed by atoms with Crippen molar-refractivity contribution in [1.82, 2.24) is 9.80 Å². The summed E-state index contributed by atoms with van der Waals surface area (Å²) in [4.78, 5) is 38.8. The molecule has 1 aromatic carbocycles. The van der Waals surface area contributed by atoms with E-state index in [1.807, 2.05) is 12.1 Å². The van der Waals surface area contributed by atoms with Gasteiger partial charge in [-0.15, -0.1) is 0 Å². The first-order valence-electron chi connectivity index (χ1n) is 7.60. The molecular weight excluding hydrogens is 296 g/mol. The fourth-order valence-corrected chi connectivity index (χ4v) is 3.31. The summed E-state index contributed by atoms with van der Waals surface area (Å²) in [6, 6.07) is 6.85. The van der Waals surface area contributed by atoms with Crippen molar-refractivity contribution in [1.29, 1.82) is 0 Å². The lowest BCUT2D eigenvalue weighted by molar-refractivity contribution is -0.139. The number of carbonyl (C=O) groups is 3. The molecule has 2 aliphatic heterocycles. The molecule has 1 aromatic rings. The van der Waals surface area contributed by atoms with Crippen molar-refractivity contribution in [3.05, 3.63) is 42.0 Å². The minimum atomic E-state index is -0.913. The summed E-state index contributed by atoms with van der Waals surface area (Å²) in [5, 5.41) is 8.94. The molecule has 0 spiro atoms. The van der Waals surface area contributed by atoms with Gasteiger partial charge in [0.05, 0.1) is 6.42 Å². The van der Waals surface area contributed by atoms with Gasteiger partial charge in [0.15, 0.2) is 0 Å². The van der Waals surface area contributed by atoms with E-state index in [-0.39, 0.29) is 30.8 Å². The molecule has 0 aliphatic carbocycles. The Labute approximate surface area is 134 Å². The number of hydrogen-bond acceptors (Lipinski definition) is 3. The fraction of sp³-hybridized carbons (Fsp3) is 0.353. The molecule has 0 radical (unpaired) electrons. The minimum absolute atomic E-state index is 0.0547. The van der Waals surface area contributed by atoms with Gasteiger partial charge in [-0.25, -0.2) is 0 Å². The van der Waals surface area contributed by atoms with E-state index >= 15 is 0 Å². The Hall–Kier alpha value is -2.63. The van der Waals surface area contributed by atoms with Crippen LogP contribution in [0.2, 0.25) is 0 Å². The molecular formula is C17H18N2O4. The number of carboxylic acid groups (broad SMARTS) is 1. The van der Waals surface area contributed by atoms with Crippen LogP contribution in [0.4, 0.5) is 0 Å². The van der Waals surface area contributed by atoms with E-state index in [0.29, 0.717) is 24.2 Å². The third-order valence-corrected chi connectivity index (χ3v) is 4.44. The van der Waals surface area contributed by atoms with Gasteiger partial charge in [0, 0.05) is 29.4 Å². The molecule has 6 heteroatoms. The quantitative estimate of drug-likeness (QED) is 0.915. The van der Waals surface area contributed by atoms with Gasteiger partial charge in [0.25, 0.3) is 5.91 Å². The molecule has 1 unspecified atom stereocenters. The number of carboxylic acids is 1. The van der Waals surface area contributed by atoms with Crippen molar-refractivity contribution in [2.75, 3.05) is 13.1 Å². The van der Waals surface area contributed by atoms with Crippen LogP contribution in [0.25, 0.3) is 5.70 Å². The molecule has 2 aliphatic rings. The van der Waals surface area contributed by atoms with Gasteiger partial charge in [0.1, 0.15) is 6.54 Å². The van der Waals surface area contributed by atoms with E-state index in [1.54, 1.807) is 17.0 Å². The Morgan fingerprint density at radius 3 is 2.61 bits per heavy atom. The van der Waals surface area contributed by atoms with Gasteiger partial charge in [-0.05, 0) is 18.9 Å². The molecule has 23 heavy (non-hydrogen) atoms. The van der Waals surface area contributed by atoms with Crippen molar-refractivity contribution >= 4 is 23.5 Å². The summed E-state index contributed by atoms with van der Waals surface area (Å²) >= 11 is 0. The van der Waals surface area contributed by atoms with E-state index in [9.17, 15) is 14.4 Å². The number of carbonyl (C=O) groups excluding carboxylic acids is 2. The SMILES string of the molecule is C=C1c2ccccc2C(=O)N1CC(=O)N1CCCC1CC(=O)O. The average Bonchev–Trinajstić information content (AvgIpc) is 3.06. The van der Waals surface area contributed by atoms with Gasteiger partial charge in [0.2, 0.25) is 5.91 Å². The summed E-state index contributed by atoms with van der Waals surface area (Å²) < 4.78 is 0. The number of benzene rings is 1. The maximum atomic E-state index is 12.5.